The summed E-state index contributed by atoms with van der Waals surface area (Å²) in [6, 6.07) is 8.12. The lowest BCUT2D eigenvalue weighted by Gasteiger charge is -2.33. The number of ether oxygens (including phenoxy) is 1. The van der Waals surface area contributed by atoms with Crippen LogP contribution in [0.1, 0.15) is 19.5 Å². The van der Waals surface area contributed by atoms with Crippen LogP contribution in [-0.4, -0.2) is 46.2 Å². The molecule has 0 saturated carbocycles. The van der Waals surface area contributed by atoms with Crippen molar-refractivity contribution in [2.24, 2.45) is 0 Å². The molecule has 0 bridgehead atoms. The van der Waals surface area contributed by atoms with E-state index in [-0.39, 0.29) is 6.17 Å². The van der Waals surface area contributed by atoms with Gasteiger partial charge in [0.2, 0.25) is 0 Å². The molecular formula is C13H18N4O. The van der Waals surface area contributed by atoms with Crippen LogP contribution in [0.25, 0.3) is 11.0 Å². The number of para-hydroxylation sites is 1. The predicted octanol–water partition coefficient (Wildman–Crippen LogP) is 1.67. The summed E-state index contributed by atoms with van der Waals surface area (Å²) in [4.78, 5) is 2.42. The van der Waals surface area contributed by atoms with Gasteiger partial charge in [0.1, 0.15) is 11.7 Å². The third kappa shape index (κ3) is 2.00. The van der Waals surface area contributed by atoms with Gasteiger partial charge < -0.3 is 4.74 Å². The lowest BCUT2D eigenvalue weighted by atomic mass is 10.2. The zero-order valence-corrected chi connectivity index (χ0v) is 10.6. The van der Waals surface area contributed by atoms with E-state index in [0.717, 1.165) is 43.8 Å². The number of nitrogens with zero attached hydrogens (tertiary/aromatic N) is 4. The number of rotatable bonds is 3. The Bertz CT molecular complexity index is 518. The highest BCUT2D eigenvalue weighted by Crippen LogP contribution is 2.22. The summed E-state index contributed by atoms with van der Waals surface area (Å²) in [5, 5.41) is 8.56. The molecule has 1 aromatic carbocycles. The van der Waals surface area contributed by atoms with Crippen LogP contribution in [0.5, 0.6) is 0 Å². The second kappa shape index (κ2) is 5.04. The van der Waals surface area contributed by atoms with Crippen LogP contribution in [-0.2, 0) is 4.74 Å². The average molecular weight is 246 g/mol. The molecule has 1 aliphatic rings. The Morgan fingerprint density at radius 2 is 2.06 bits per heavy atom. The molecule has 96 valence electrons. The Morgan fingerprint density at radius 3 is 2.83 bits per heavy atom. The van der Waals surface area contributed by atoms with Gasteiger partial charge in [0.05, 0.1) is 18.7 Å². The van der Waals surface area contributed by atoms with Crippen molar-refractivity contribution in [3.8, 4) is 0 Å². The van der Waals surface area contributed by atoms with Crippen molar-refractivity contribution in [2.75, 3.05) is 26.3 Å². The highest BCUT2D eigenvalue weighted by atomic mass is 16.5. The molecule has 3 rings (SSSR count). The molecule has 2 aromatic rings. The zero-order valence-electron chi connectivity index (χ0n) is 10.6. The van der Waals surface area contributed by atoms with Crippen LogP contribution >= 0.6 is 0 Å². The highest BCUT2D eigenvalue weighted by Gasteiger charge is 2.23. The Morgan fingerprint density at radius 1 is 1.28 bits per heavy atom. The topological polar surface area (TPSA) is 43.2 Å². The molecule has 1 saturated heterocycles. The Kier molecular flexibility index (Phi) is 3.25. The van der Waals surface area contributed by atoms with Gasteiger partial charge in [0.25, 0.3) is 0 Å². The van der Waals surface area contributed by atoms with Crippen LogP contribution in [0.3, 0.4) is 0 Å². The Balaban J connectivity index is 1.95. The Hall–Kier alpha value is -1.46. The fourth-order valence-electron chi connectivity index (χ4n) is 2.57. The first-order valence-electron chi connectivity index (χ1n) is 6.52. The molecule has 0 radical (unpaired) electrons. The SMILES string of the molecule is CC[C@@H](N1CCOCC1)n1nnc2ccccc21. The minimum Gasteiger partial charge on any atom is -0.379 e. The van der Waals surface area contributed by atoms with Crippen molar-refractivity contribution in [2.45, 2.75) is 19.5 Å². The van der Waals surface area contributed by atoms with Crippen molar-refractivity contribution in [3.05, 3.63) is 24.3 Å². The highest BCUT2D eigenvalue weighted by molar-refractivity contribution is 5.73. The van der Waals surface area contributed by atoms with E-state index in [1.165, 1.54) is 0 Å². The molecule has 0 N–H and O–H groups in total. The van der Waals surface area contributed by atoms with Crippen molar-refractivity contribution in [3.63, 3.8) is 0 Å². The molecule has 0 unspecified atom stereocenters. The van der Waals surface area contributed by atoms with Gasteiger partial charge in [0.15, 0.2) is 0 Å². The summed E-state index contributed by atoms with van der Waals surface area (Å²) in [6.07, 6.45) is 1.30. The molecule has 1 atom stereocenters. The standard InChI is InChI=1S/C13H18N4O/c1-2-13(16-7-9-18-10-8-16)17-12-6-4-3-5-11(12)14-15-17/h3-6,13H,2,7-10H2,1H3/t13-/m0/s1. The second-order valence-corrected chi connectivity index (χ2v) is 4.56. The minimum absolute atomic E-state index is 0.279. The summed E-state index contributed by atoms with van der Waals surface area (Å²) in [5.41, 5.74) is 2.07. The summed E-state index contributed by atoms with van der Waals surface area (Å²) in [7, 11) is 0. The maximum Gasteiger partial charge on any atom is 0.113 e. The minimum atomic E-state index is 0.279. The van der Waals surface area contributed by atoms with Gasteiger partial charge in [-0.3, -0.25) is 4.90 Å². The number of morpholine rings is 1. The van der Waals surface area contributed by atoms with Gasteiger partial charge >= 0.3 is 0 Å². The number of benzene rings is 1. The van der Waals surface area contributed by atoms with E-state index in [1.807, 2.05) is 22.9 Å². The van der Waals surface area contributed by atoms with Gasteiger partial charge in [-0.05, 0) is 18.6 Å². The van der Waals surface area contributed by atoms with E-state index in [9.17, 15) is 0 Å². The van der Waals surface area contributed by atoms with Crippen molar-refractivity contribution in [1.29, 1.82) is 0 Å². The van der Waals surface area contributed by atoms with Crippen LogP contribution in [0, 0.1) is 0 Å². The number of fused-ring (bicyclic) bond motifs is 1. The summed E-state index contributed by atoms with van der Waals surface area (Å²) in [5.74, 6) is 0. The summed E-state index contributed by atoms with van der Waals surface area (Å²) < 4.78 is 7.45. The summed E-state index contributed by atoms with van der Waals surface area (Å²) in [6.45, 7) is 5.74. The quantitative estimate of drug-likeness (QED) is 0.826. The smallest absolute Gasteiger partial charge is 0.113 e. The monoisotopic (exact) mass is 246 g/mol. The van der Waals surface area contributed by atoms with Crippen molar-refractivity contribution < 1.29 is 4.74 Å². The molecular weight excluding hydrogens is 228 g/mol. The normalized spacial score (nSPS) is 19.2. The predicted molar refractivity (Wildman–Crippen MR) is 69.2 cm³/mol. The molecule has 0 spiro atoms. The molecule has 0 aliphatic carbocycles. The fraction of sp³-hybridized carbons (Fsp3) is 0.538. The van der Waals surface area contributed by atoms with E-state index in [0.29, 0.717) is 0 Å². The zero-order chi connectivity index (χ0) is 12.4. The van der Waals surface area contributed by atoms with Gasteiger partial charge in [-0.25, -0.2) is 4.68 Å². The third-order valence-electron chi connectivity index (χ3n) is 3.49. The van der Waals surface area contributed by atoms with Crippen molar-refractivity contribution in [1.82, 2.24) is 19.9 Å². The maximum absolute atomic E-state index is 5.41. The number of hydrogen-bond acceptors (Lipinski definition) is 4. The molecule has 1 fully saturated rings. The molecule has 2 heterocycles. The third-order valence-corrected chi connectivity index (χ3v) is 3.49. The molecule has 18 heavy (non-hydrogen) atoms. The van der Waals surface area contributed by atoms with Crippen LogP contribution in [0.4, 0.5) is 0 Å². The lowest BCUT2D eigenvalue weighted by Crippen LogP contribution is -2.41. The number of aromatic nitrogens is 3. The van der Waals surface area contributed by atoms with Crippen LogP contribution in [0.15, 0.2) is 24.3 Å². The van der Waals surface area contributed by atoms with Crippen LogP contribution in [0.2, 0.25) is 0 Å². The molecule has 1 aromatic heterocycles. The van der Waals surface area contributed by atoms with E-state index in [4.69, 9.17) is 4.74 Å². The first-order chi connectivity index (χ1) is 8.90. The van der Waals surface area contributed by atoms with E-state index in [2.05, 4.69) is 28.2 Å². The average Bonchev–Trinajstić information content (AvgIpc) is 2.85. The second-order valence-electron chi connectivity index (χ2n) is 4.56. The van der Waals surface area contributed by atoms with Gasteiger partial charge in [-0.1, -0.05) is 24.3 Å². The van der Waals surface area contributed by atoms with Crippen molar-refractivity contribution >= 4 is 11.0 Å². The molecule has 5 heteroatoms. The van der Waals surface area contributed by atoms with E-state index in [1.54, 1.807) is 0 Å². The van der Waals surface area contributed by atoms with Gasteiger partial charge in [-0.15, -0.1) is 5.10 Å². The van der Waals surface area contributed by atoms with Crippen LogP contribution < -0.4 is 0 Å². The van der Waals surface area contributed by atoms with E-state index >= 15 is 0 Å². The molecule has 1 aliphatic heterocycles. The Labute approximate surface area is 106 Å². The van der Waals surface area contributed by atoms with E-state index < -0.39 is 0 Å². The van der Waals surface area contributed by atoms with Gasteiger partial charge in [0, 0.05) is 13.1 Å². The largest absolute Gasteiger partial charge is 0.379 e. The molecule has 5 nitrogen and oxygen atoms in total. The number of hydrogen-bond donors (Lipinski definition) is 0. The van der Waals surface area contributed by atoms with Gasteiger partial charge in [-0.2, -0.15) is 0 Å². The molecule has 0 amide bonds. The first-order valence-corrected chi connectivity index (χ1v) is 6.52. The maximum atomic E-state index is 5.41. The fourth-order valence-corrected chi connectivity index (χ4v) is 2.57. The first kappa shape index (κ1) is 11.6. The lowest BCUT2D eigenvalue weighted by molar-refractivity contribution is -0.00539. The summed E-state index contributed by atoms with van der Waals surface area (Å²) >= 11 is 0.